The Kier molecular flexibility index (Phi) is 8.33. The smallest absolute Gasteiger partial charge is 0.275 e. The van der Waals surface area contributed by atoms with E-state index in [4.69, 9.17) is 5.73 Å². The number of aryl methyl sites for hydroxylation is 1. The van der Waals surface area contributed by atoms with Crippen LogP contribution in [-0.4, -0.2) is 24.9 Å². The van der Waals surface area contributed by atoms with Crippen molar-refractivity contribution in [2.45, 2.75) is 46.1 Å². The number of carbonyl (C=O) groups is 2. The molecule has 0 aliphatic carbocycles. The number of carbonyl (C=O) groups excluding carboxylic acids is 2. The fraction of sp³-hybridized carbons (Fsp3) is 0.556. The van der Waals surface area contributed by atoms with E-state index in [0.29, 0.717) is 5.92 Å². The van der Waals surface area contributed by atoms with E-state index in [0.717, 1.165) is 6.42 Å². The van der Waals surface area contributed by atoms with Crippen molar-refractivity contribution in [2.75, 3.05) is 13.1 Å². The molecule has 1 aromatic carbocycles. The average molecular weight is 320 g/mol. The average Bonchev–Trinajstić information content (AvgIpc) is 2.52. The van der Waals surface area contributed by atoms with Crippen LogP contribution in [0.4, 0.5) is 0 Å². The summed E-state index contributed by atoms with van der Waals surface area (Å²) >= 11 is 0. The van der Waals surface area contributed by atoms with Crippen LogP contribution in [-0.2, 0) is 16.0 Å². The number of quaternary nitrogens is 1. The number of nitrogens with two attached hydrogens (primary N) is 2. The standard InChI is InChI=1S/C18H29N3O2/c1-4-5-6-14-7-9-15(10-8-14)18(13(2)3)21-12-17(23)20-11-16(19)22/h7-10,13,18,21H,4-6,11-12H2,1-3H3,(H2,19,22)(H,20,23)/p+1/t18-/m1/s1. The van der Waals surface area contributed by atoms with Crippen molar-refractivity contribution in [3.63, 3.8) is 0 Å². The fourth-order valence-corrected chi connectivity index (χ4v) is 2.57. The second kappa shape index (κ2) is 10.0. The molecular weight excluding hydrogens is 290 g/mol. The quantitative estimate of drug-likeness (QED) is 0.598. The molecule has 2 amide bonds. The Labute approximate surface area is 139 Å². The van der Waals surface area contributed by atoms with Gasteiger partial charge in [-0.25, -0.2) is 0 Å². The zero-order chi connectivity index (χ0) is 17.2. The van der Waals surface area contributed by atoms with Crippen LogP contribution >= 0.6 is 0 Å². The van der Waals surface area contributed by atoms with Gasteiger partial charge in [-0.15, -0.1) is 0 Å². The summed E-state index contributed by atoms with van der Waals surface area (Å²) in [7, 11) is 0. The van der Waals surface area contributed by atoms with Gasteiger partial charge in [-0.3, -0.25) is 9.59 Å². The minimum Gasteiger partial charge on any atom is -0.368 e. The third-order valence-corrected chi connectivity index (χ3v) is 3.92. The van der Waals surface area contributed by atoms with Gasteiger partial charge in [0.25, 0.3) is 5.91 Å². The highest BCUT2D eigenvalue weighted by Gasteiger charge is 2.20. The number of unbranched alkanes of at least 4 members (excludes halogenated alkanes) is 1. The molecule has 0 fully saturated rings. The lowest BCUT2D eigenvalue weighted by Crippen LogP contribution is -2.88. The van der Waals surface area contributed by atoms with Gasteiger partial charge < -0.3 is 16.4 Å². The molecule has 0 aliphatic rings. The van der Waals surface area contributed by atoms with Gasteiger partial charge in [-0.2, -0.15) is 0 Å². The van der Waals surface area contributed by atoms with Gasteiger partial charge in [0.2, 0.25) is 5.91 Å². The minimum atomic E-state index is -0.526. The molecule has 0 radical (unpaired) electrons. The predicted molar refractivity (Wildman–Crippen MR) is 91.6 cm³/mol. The first kappa shape index (κ1) is 19.2. The van der Waals surface area contributed by atoms with Gasteiger partial charge in [0.05, 0.1) is 6.54 Å². The van der Waals surface area contributed by atoms with Crippen molar-refractivity contribution in [3.05, 3.63) is 35.4 Å². The number of nitrogens with one attached hydrogen (secondary N) is 1. The number of hydrogen-bond donors (Lipinski definition) is 3. The lowest BCUT2D eigenvalue weighted by atomic mass is 9.94. The van der Waals surface area contributed by atoms with Gasteiger partial charge in [0.1, 0.15) is 6.04 Å². The van der Waals surface area contributed by atoms with Crippen molar-refractivity contribution >= 4 is 11.8 Å². The van der Waals surface area contributed by atoms with E-state index in [-0.39, 0.29) is 25.0 Å². The molecule has 0 aliphatic heterocycles. The number of benzene rings is 1. The summed E-state index contributed by atoms with van der Waals surface area (Å²) in [6.45, 7) is 6.67. The molecule has 0 saturated heterocycles. The Bertz CT molecular complexity index is 497. The monoisotopic (exact) mass is 320 g/mol. The zero-order valence-corrected chi connectivity index (χ0v) is 14.5. The number of primary amides is 1. The molecule has 23 heavy (non-hydrogen) atoms. The van der Waals surface area contributed by atoms with Crippen molar-refractivity contribution in [2.24, 2.45) is 11.7 Å². The molecule has 0 spiro atoms. The molecule has 5 nitrogen and oxygen atoms in total. The van der Waals surface area contributed by atoms with Crippen LogP contribution in [0.15, 0.2) is 24.3 Å². The van der Waals surface area contributed by atoms with Crippen molar-refractivity contribution in [1.82, 2.24) is 5.32 Å². The maximum Gasteiger partial charge on any atom is 0.275 e. The van der Waals surface area contributed by atoms with Gasteiger partial charge in [-0.1, -0.05) is 51.5 Å². The predicted octanol–water partition coefficient (Wildman–Crippen LogP) is 0.891. The minimum absolute atomic E-state index is 0.106. The molecule has 0 bridgehead atoms. The van der Waals surface area contributed by atoms with E-state index in [1.807, 2.05) is 5.32 Å². The number of rotatable bonds is 10. The summed E-state index contributed by atoms with van der Waals surface area (Å²) in [4.78, 5) is 22.4. The number of amides is 2. The van der Waals surface area contributed by atoms with Crippen LogP contribution in [0.5, 0.6) is 0 Å². The van der Waals surface area contributed by atoms with Crippen LogP contribution in [0.3, 0.4) is 0 Å². The summed E-state index contributed by atoms with van der Waals surface area (Å²) in [5.41, 5.74) is 7.60. The van der Waals surface area contributed by atoms with Crippen molar-refractivity contribution in [3.8, 4) is 0 Å². The molecule has 0 aromatic heterocycles. The zero-order valence-electron chi connectivity index (χ0n) is 14.5. The SMILES string of the molecule is CCCCc1ccc([C@H]([NH2+]CC(=O)NCC(N)=O)C(C)C)cc1. The van der Waals surface area contributed by atoms with Crippen molar-refractivity contribution < 1.29 is 14.9 Å². The molecule has 1 rings (SSSR count). The van der Waals surface area contributed by atoms with Crippen LogP contribution in [0.2, 0.25) is 0 Å². The Morgan fingerprint density at radius 1 is 1.22 bits per heavy atom. The highest BCUT2D eigenvalue weighted by molar-refractivity contribution is 5.83. The normalized spacial score (nSPS) is 12.2. The Morgan fingerprint density at radius 3 is 2.39 bits per heavy atom. The largest absolute Gasteiger partial charge is 0.368 e. The molecule has 1 atom stereocenters. The Hall–Kier alpha value is -1.88. The highest BCUT2D eigenvalue weighted by Crippen LogP contribution is 2.18. The summed E-state index contributed by atoms with van der Waals surface area (Å²) in [6, 6.07) is 8.90. The lowest BCUT2D eigenvalue weighted by molar-refractivity contribution is -0.692. The first-order valence-corrected chi connectivity index (χ1v) is 8.41. The van der Waals surface area contributed by atoms with E-state index in [2.05, 4.69) is 50.4 Å². The third kappa shape index (κ3) is 7.28. The Morgan fingerprint density at radius 2 is 1.87 bits per heavy atom. The van der Waals surface area contributed by atoms with Gasteiger partial charge in [-0.05, 0) is 18.4 Å². The van der Waals surface area contributed by atoms with Crippen LogP contribution in [0.25, 0.3) is 0 Å². The summed E-state index contributed by atoms with van der Waals surface area (Å²) in [6.07, 6.45) is 3.52. The lowest BCUT2D eigenvalue weighted by Gasteiger charge is -2.19. The molecular formula is C18H30N3O2+. The first-order chi connectivity index (χ1) is 10.9. The molecule has 5 N–H and O–H groups in total. The molecule has 128 valence electrons. The van der Waals surface area contributed by atoms with Crippen LogP contribution in [0, 0.1) is 5.92 Å². The van der Waals surface area contributed by atoms with Gasteiger partial charge in [0.15, 0.2) is 6.54 Å². The van der Waals surface area contributed by atoms with Crippen LogP contribution < -0.4 is 16.4 Å². The fourth-order valence-electron chi connectivity index (χ4n) is 2.57. The molecule has 0 saturated carbocycles. The Balaban J connectivity index is 2.60. The highest BCUT2D eigenvalue weighted by atomic mass is 16.2. The summed E-state index contributed by atoms with van der Waals surface area (Å²) in [5, 5.41) is 4.53. The second-order valence-electron chi connectivity index (χ2n) is 6.30. The summed E-state index contributed by atoms with van der Waals surface area (Å²) < 4.78 is 0. The van der Waals surface area contributed by atoms with Crippen LogP contribution in [0.1, 0.15) is 50.8 Å². The van der Waals surface area contributed by atoms with E-state index >= 15 is 0 Å². The van der Waals surface area contributed by atoms with Gasteiger partial charge in [0, 0.05) is 11.5 Å². The van der Waals surface area contributed by atoms with E-state index < -0.39 is 5.91 Å². The van der Waals surface area contributed by atoms with Gasteiger partial charge >= 0.3 is 0 Å². The summed E-state index contributed by atoms with van der Waals surface area (Å²) in [5.74, 6) is -0.295. The first-order valence-electron chi connectivity index (χ1n) is 8.41. The maximum absolute atomic E-state index is 11.7. The van der Waals surface area contributed by atoms with Crippen molar-refractivity contribution in [1.29, 1.82) is 0 Å². The molecule has 1 aromatic rings. The van der Waals surface area contributed by atoms with E-state index in [1.54, 1.807) is 0 Å². The maximum atomic E-state index is 11.7. The topological polar surface area (TPSA) is 88.8 Å². The second-order valence-corrected chi connectivity index (χ2v) is 6.30. The molecule has 0 unspecified atom stereocenters. The molecule has 0 heterocycles. The van der Waals surface area contributed by atoms with E-state index in [1.165, 1.54) is 24.0 Å². The molecule has 5 heteroatoms. The number of hydrogen-bond acceptors (Lipinski definition) is 2. The third-order valence-electron chi connectivity index (χ3n) is 3.92. The van der Waals surface area contributed by atoms with E-state index in [9.17, 15) is 9.59 Å².